The number of benzene rings is 2. The van der Waals surface area contributed by atoms with Crippen molar-refractivity contribution in [3.05, 3.63) is 79.6 Å². The summed E-state index contributed by atoms with van der Waals surface area (Å²) in [4.78, 5) is 23.8. The van der Waals surface area contributed by atoms with Crippen molar-refractivity contribution in [2.45, 2.75) is 19.1 Å². The predicted molar refractivity (Wildman–Crippen MR) is 100 cm³/mol. The highest BCUT2D eigenvalue weighted by Gasteiger charge is 2.29. The van der Waals surface area contributed by atoms with Gasteiger partial charge in [-0.3, -0.25) is 4.79 Å². The van der Waals surface area contributed by atoms with Gasteiger partial charge in [-0.05, 0) is 35.7 Å². The van der Waals surface area contributed by atoms with Gasteiger partial charge in [-0.1, -0.05) is 41.4 Å². The number of carboxylic acids is 1. The summed E-state index contributed by atoms with van der Waals surface area (Å²) >= 11 is 12.1. The molecule has 0 aliphatic rings. The Morgan fingerprint density at radius 2 is 1.86 bits per heavy atom. The van der Waals surface area contributed by atoms with E-state index in [0.29, 0.717) is 27.4 Å². The number of hydrogen-bond acceptors (Lipinski definition) is 2. The lowest BCUT2D eigenvalue weighted by Gasteiger charge is -2.15. The largest absolute Gasteiger partial charge is 0.477 e. The Balaban J connectivity index is 2.17. The highest BCUT2D eigenvalue weighted by Crippen LogP contribution is 2.28. The third-order valence-electron chi connectivity index (χ3n) is 4.15. The first kappa shape index (κ1) is 20.2. The predicted octanol–water partition coefficient (Wildman–Crippen LogP) is 5.16. The Morgan fingerprint density at radius 1 is 1.14 bits per heavy atom. The molecule has 1 heterocycles. The first-order valence-electron chi connectivity index (χ1n) is 7.96. The van der Waals surface area contributed by atoms with Crippen molar-refractivity contribution in [1.29, 1.82) is 0 Å². The van der Waals surface area contributed by atoms with Crippen LogP contribution in [0.4, 0.5) is 13.2 Å². The average Bonchev–Trinajstić information content (AvgIpc) is 2.60. The van der Waals surface area contributed by atoms with E-state index in [1.165, 1.54) is 12.1 Å². The first-order chi connectivity index (χ1) is 13.1. The molecule has 1 N–H and O–H groups in total. The molecule has 9 heteroatoms. The standard InChI is InChI=1S/C19H12Cl2F3NO3/c20-14-3-1-2-11(16(14)21)6-10-4-5-15-12(7-10)17(26)13(18(27)28)8-25(15)9-19(22,23)24/h1-5,7-8H,6,9H2,(H,27,28). The molecule has 0 spiro atoms. The lowest BCUT2D eigenvalue weighted by atomic mass is 10.0. The second-order valence-corrected chi connectivity index (χ2v) is 6.95. The summed E-state index contributed by atoms with van der Waals surface area (Å²) in [6, 6.07) is 9.35. The molecule has 0 saturated carbocycles. The Labute approximate surface area is 166 Å². The summed E-state index contributed by atoms with van der Waals surface area (Å²) in [5.41, 5.74) is -0.337. The van der Waals surface area contributed by atoms with E-state index in [2.05, 4.69) is 0 Å². The van der Waals surface area contributed by atoms with Crippen LogP contribution in [0, 0.1) is 0 Å². The van der Waals surface area contributed by atoms with Crippen molar-refractivity contribution in [3.8, 4) is 0 Å². The molecular formula is C19H12Cl2F3NO3. The van der Waals surface area contributed by atoms with E-state index in [0.717, 1.165) is 4.57 Å². The van der Waals surface area contributed by atoms with Gasteiger partial charge < -0.3 is 9.67 Å². The Kier molecular flexibility index (Phi) is 5.41. The molecule has 2 aromatic carbocycles. The highest BCUT2D eigenvalue weighted by atomic mass is 35.5. The van der Waals surface area contributed by atoms with Crippen molar-refractivity contribution in [3.63, 3.8) is 0 Å². The molecule has 0 unspecified atom stereocenters. The number of nitrogens with zero attached hydrogens (tertiary/aromatic N) is 1. The quantitative estimate of drug-likeness (QED) is 0.622. The van der Waals surface area contributed by atoms with Crippen LogP contribution in [0.3, 0.4) is 0 Å². The van der Waals surface area contributed by atoms with E-state index in [9.17, 15) is 27.9 Å². The monoisotopic (exact) mass is 429 g/mol. The SMILES string of the molecule is O=C(O)c1cn(CC(F)(F)F)c2ccc(Cc3cccc(Cl)c3Cl)cc2c1=O. The zero-order chi connectivity index (χ0) is 20.6. The number of halogens is 5. The fraction of sp³-hybridized carbons (Fsp3) is 0.158. The first-order valence-corrected chi connectivity index (χ1v) is 8.71. The molecule has 0 aliphatic heterocycles. The molecule has 4 nitrogen and oxygen atoms in total. The van der Waals surface area contributed by atoms with Gasteiger partial charge in [0.2, 0.25) is 5.43 Å². The topological polar surface area (TPSA) is 59.3 Å². The number of fused-ring (bicyclic) bond motifs is 1. The van der Waals surface area contributed by atoms with Gasteiger partial charge in [0.25, 0.3) is 0 Å². The van der Waals surface area contributed by atoms with E-state index in [-0.39, 0.29) is 17.3 Å². The molecule has 1 aromatic heterocycles. The number of rotatable bonds is 4. The fourth-order valence-corrected chi connectivity index (χ4v) is 3.32. The van der Waals surface area contributed by atoms with Gasteiger partial charge in [0.05, 0.1) is 15.6 Å². The second kappa shape index (κ2) is 7.48. The maximum absolute atomic E-state index is 12.9. The smallest absolute Gasteiger partial charge is 0.406 e. The minimum absolute atomic E-state index is 0.00624. The third kappa shape index (κ3) is 4.15. The third-order valence-corrected chi connectivity index (χ3v) is 5.01. The summed E-state index contributed by atoms with van der Waals surface area (Å²) in [6.07, 6.45) is -3.59. The van der Waals surface area contributed by atoms with Crippen molar-refractivity contribution in [2.75, 3.05) is 0 Å². The number of carboxylic acid groups (broad SMARTS) is 1. The van der Waals surface area contributed by atoms with Gasteiger partial charge in [0, 0.05) is 11.6 Å². The molecule has 146 valence electrons. The van der Waals surface area contributed by atoms with Crippen LogP contribution in [-0.4, -0.2) is 21.8 Å². The van der Waals surface area contributed by atoms with E-state index in [4.69, 9.17) is 23.2 Å². The van der Waals surface area contributed by atoms with Gasteiger partial charge in [-0.2, -0.15) is 13.2 Å². The number of carbonyl (C=O) groups is 1. The normalized spacial score (nSPS) is 11.8. The van der Waals surface area contributed by atoms with Crippen LogP contribution >= 0.6 is 23.2 Å². The van der Waals surface area contributed by atoms with Crippen LogP contribution in [0.2, 0.25) is 10.0 Å². The number of aromatic carboxylic acids is 1. The zero-order valence-electron chi connectivity index (χ0n) is 14.1. The fourth-order valence-electron chi connectivity index (χ4n) is 2.94. The number of alkyl halides is 3. The van der Waals surface area contributed by atoms with Gasteiger partial charge in [0.1, 0.15) is 12.1 Å². The molecule has 0 amide bonds. The maximum Gasteiger partial charge on any atom is 0.406 e. The van der Waals surface area contributed by atoms with Gasteiger partial charge in [-0.25, -0.2) is 4.79 Å². The molecule has 28 heavy (non-hydrogen) atoms. The van der Waals surface area contributed by atoms with Gasteiger partial charge in [-0.15, -0.1) is 0 Å². The van der Waals surface area contributed by atoms with Gasteiger partial charge >= 0.3 is 12.1 Å². The summed E-state index contributed by atoms with van der Waals surface area (Å²) < 4.78 is 39.4. The molecule has 3 rings (SSSR count). The lowest BCUT2D eigenvalue weighted by molar-refractivity contribution is -0.140. The molecule has 3 aromatic rings. The molecule has 0 fully saturated rings. The minimum Gasteiger partial charge on any atom is -0.477 e. The van der Waals surface area contributed by atoms with E-state index in [1.807, 2.05) is 0 Å². The number of hydrogen-bond donors (Lipinski definition) is 1. The van der Waals surface area contributed by atoms with E-state index >= 15 is 0 Å². The molecule has 0 radical (unpaired) electrons. The average molecular weight is 430 g/mol. The second-order valence-electron chi connectivity index (χ2n) is 6.16. The van der Waals surface area contributed by atoms with Crippen LogP contribution in [0.5, 0.6) is 0 Å². The maximum atomic E-state index is 12.9. The molecule has 0 atom stereocenters. The van der Waals surface area contributed by atoms with E-state index in [1.54, 1.807) is 24.3 Å². The summed E-state index contributed by atoms with van der Waals surface area (Å²) in [5, 5.41) is 9.76. The van der Waals surface area contributed by atoms with Crippen molar-refractivity contribution >= 4 is 40.1 Å². The number of aromatic nitrogens is 1. The Morgan fingerprint density at radius 3 is 2.50 bits per heavy atom. The van der Waals surface area contributed by atoms with Crippen LogP contribution in [0.25, 0.3) is 10.9 Å². The molecule has 0 aliphatic carbocycles. The van der Waals surface area contributed by atoms with E-state index < -0.39 is 29.7 Å². The Hall–Kier alpha value is -2.51. The van der Waals surface area contributed by atoms with Crippen LogP contribution < -0.4 is 5.43 Å². The summed E-state index contributed by atoms with van der Waals surface area (Å²) in [6.45, 7) is -1.41. The summed E-state index contributed by atoms with van der Waals surface area (Å²) in [5.74, 6) is -1.59. The van der Waals surface area contributed by atoms with Crippen molar-refractivity contribution < 1.29 is 23.1 Å². The van der Waals surface area contributed by atoms with Crippen LogP contribution in [0.15, 0.2) is 47.4 Å². The van der Waals surface area contributed by atoms with Crippen LogP contribution in [-0.2, 0) is 13.0 Å². The van der Waals surface area contributed by atoms with Crippen molar-refractivity contribution in [1.82, 2.24) is 4.57 Å². The van der Waals surface area contributed by atoms with Gasteiger partial charge in [0.15, 0.2) is 0 Å². The van der Waals surface area contributed by atoms with Crippen LogP contribution in [0.1, 0.15) is 21.5 Å². The molecular weight excluding hydrogens is 418 g/mol. The lowest BCUT2D eigenvalue weighted by Crippen LogP contribution is -2.24. The highest BCUT2D eigenvalue weighted by molar-refractivity contribution is 6.42. The molecule has 0 bridgehead atoms. The Bertz CT molecular complexity index is 1140. The number of pyridine rings is 1. The summed E-state index contributed by atoms with van der Waals surface area (Å²) in [7, 11) is 0. The zero-order valence-corrected chi connectivity index (χ0v) is 15.6. The van der Waals surface area contributed by atoms with Crippen molar-refractivity contribution in [2.24, 2.45) is 0 Å². The minimum atomic E-state index is -4.58. The molecule has 0 saturated heterocycles.